The molecule has 0 fully saturated rings. The summed E-state index contributed by atoms with van der Waals surface area (Å²) in [5, 5.41) is 5.60. The maximum absolute atomic E-state index is 11.8. The molecule has 0 bridgehead atoms. The number of esters is 1. The van der Waals surface area contributed by atoms with Gasteiger partial charge in [-0.05, 0) is 29.8 Å². The largest absolute Gasteiger partial charge is 0.454 e. The molecule has 0 aromatic heterocycles. The number of nitrogens with one attached hydrogen (secondary N) is 2. The van der Waals surface area contributed by atoms with Crippen LogP contribution in [0.5, 0.6) is 0 Å². The van der Waals surface area contributed by atoms with Crippen molar-refractivity contribution in [2.45, 2.75) is 0 Å². The molecule has 140 valence electrons. The van der Waals surface area contributed by atoms with Gasteiger partial charge in [-0.2, -0.15) is 0 Å². The zero-order chi connectivity index (χ0) is 19.6. The minimum Gasteiger partial charge on any atom is -0.454 e. The zero-order valence-electron chi connectivity index (χ0n) is 14.1. The van der Waals surface area contributed by atoms with E-state index in [2.05, 4.69) is 10.6 Å². The Kier molecular flexibility index (Phi) is 7.85. The monoisotopic (exact) mass is 406 g/mol. The molecule has 0 aliphatic rings. The van der Waals surface area contributed by atoms with Crippen molar-refractivity contribution in [2.24, 2.45) is 0 Å². The fourth-order valence-corrected chi connectivity index (χ4v) is 2.50. The molecule has 0 saturated heterocycles. The van der Waals surface area contributed by atoms with Crippen molar-refractivity contribution in [3.05, 3.63) is 70.2 Å². The molecule has 0 aliphatic heterocycles. The molecule has 0 saturated carbocycles. The van der Waals surface area contributed by atoms with Gasteiger partial charge in [0.1, 0.15) is 6.54 Å². The van der Waals surface area contributed by atoms with Crippen LogP contribution in [0.2, 0.25) is 10.0 Å². The van der Waals surface area contributed by atoms with Crippen LogP contribution in [0.15, 0.2) is 54.6 Å². The van der Waals surface area contributed by atoms with Crippen LogP contribution >= 0.6 is 23.2 Å². The molecule has 8 heteroatoms. The molecule has 0 radical (unpaired) electrons. The van der Waals surface area contributed by atoms with Crippen LogP contribution in [0.25, 0.3) is 6.08 Å². The van der Waals surface area contributed by atoms with Crippen LogP contribution < -0.4 is 10.6 Å². The number of amides is 2. The summed E-state index contributed by atoms with van der Waals surface area (Å²) in [5.41, 5.74) is 1.24. The third kappa shape index (κ3) is 7.94. The summed E-state index contributed by atoms with van der Waals surface area (Å²) in [4.78, 5) is 35.0. The third-order valence-corrected chi connectivity index (χ3v) is 3.58. The number of hydrogen-bond donors (Lipinski definition) is 2. The van der Waals surface area contributed by atoms with Gasteiger partial charge < -0.3 is 15.4 Å². The molecule has 6 nitrogen and oxygen atoms in total. The first-order valence-electron chi connectivity index (χ1n) is 7.85. The molecule has 2 amide bonds. The Morgan fingerprint density at radius 2 is 1.67 bits per heavy atom. The molecule has 0 unspecified atom stereocenters. The van der Waals surface area contributed by atoms with Gasteiger partial charge in [0, 0.05) is 21.8 Å². The van der Waals surface area contributed by atoms with Crippen LogP contribution in [0.4, 0.5) is 5.69 Å². The number of anilines is 1. The Hall–Kier alpha value is -2.83. The van der Waals surface area contributed by atoms with Gasteiger partial charge >= 0.3 is 5.97 Å². The molecule has 0 atom stereocenters. The SMILES string of the molecule is O=C(/C=C/c1ccccc1)NCC(=O)OCC(=O)Nc1cc(Cl)cc(Cl)c1. The first-order valence-corrected chi connectivity index (χ1v) is 8.60. The van der Waals surface area contributed by atoms with Crippen molar-refractivity contribution in [3.63, 3.8) is 0 Å². The van der Waals surface area contributed by atoms with Gasteiger partial charge in [0.2, 0.25) is 5.91 Å². The Balaban J connectivity index is 1.70. The number of ether oxygens (including phenoxy) is 1. The second kappa shape index (κ2) is 10.4. The highest BCUT2D eigenvalue weighted by Gasteiger charge is 2.09. The quantitative estimate of drug-likeness (QED) is 0.545. The highest BCUT2D eigenvalue weighted by molar-refractivity contribution is 6.35. The third-order valence-electron chi connectivity index (χ3n) is 3.14. The number of hydrogen-bond acceptors (Lipinski definition) is 4. The Morgan fingerprint density at radius 3 is 2.33 bits per heavy atom. The lowest BCUT2D eigenvalue weighted by Crippen LogP contribution is -2.31. The number of halogens is 2. The highest BCUT2D eigenvalue weighted by Crippen LogP contribution is 2.22. The smallest absolute Gasteiger partial charge is 0.325 e. The van der Waals surface area contributed by atoms with E-state index in [1.54, 1.807) is 6.08 Å². The lowest BCUT2D eigenvalue weighted by atomic mass is 10.2. The topological polar surface area (TPSA) is 84.5 Å². The first kappa shape index (κ1) is 20.5. The van der Waals surface area contributed by atoms with Crippen LogP contribution in [-0.2, 0) is 19.1 Å². The lowest BCUT2D eigenvalue weighted by molar-refractivity contribution is -0.146. The van der Waals surface area contributed by atoms with Crippen molar-refractivity contribution in [3.8, 4) is 0 Å². The van der Waals surface area contributed by atoms with E-state index in [0.29, 0.717) is 15.7 Å². The lowest BCUT2D eigenvalue weighted by Gasteiger charge is -2.07. The van der Waals surface area contributed by atoms with E-state index in [1.807, 2.05) is 30.3 Å². The summed E-state index contributed by atoms with van der Waals surface area (Å²) in [5.74, 6) is -1.75. The molecule has 0 aliphatic carbocycles. The first-order chi connectivity index (χ1) is 12.9. The Bertz CT molecular complexity index is 834. The van der Waals surface area contributed by atoms with Crippen LogP contribution in [0, 0.1) is 0 Å². The van der Waals surface area contributed by atoms with Crippen molar-refractivity contribution in [1.82, 2.24) is 5.32 Å². The van der Waals surface area contributed by atoms with E-state index < -0.39 is 24.4 Å². The summed E-state index contributed by atoms with van der Waals surface area (Å²) < 4.78 is 4.79. The highest BCUT2D eigenvalue weighted by atomic mass is 35.5. The van der Waals surface area contributed by atoms with Crippen molar-refractivity contribution >= 4 is 52.7 Å². The van der Waals surface area contributed by atoms with E-state index >= 15 is 0 Å². The Morgan fingerprint density at radius 1 is 1.00 bits per heavy atom. The van der Waals surface area contributed by atoms with E-state index in [0.717, 1.165) is 5.56 Å². The molecule has 2 aromatic rings. The second-order valence-corrected chi connectivity index (χ2v) is 6.20. The normalized spacial score (nSPS) is 10.4. The van der Waals surface area contributed by atoms with Gasteiger partial charge in [-0.15, -0.1) is 0 Å². The summed E-state index contributed by atoms with van der Waals surface area (Å²) in [6, 6.07) is 13.8. The minimum atomic E-state index is -0.740. The van der Waals surface area contributed by atoms with Crippen LogP contribution in [0.3, 0.4) is 0 Å². The standard InChI is InChI=1S/C19H16Cl2N2O4/c20-14-8-15(21)10-16(9-14)23-18(25)12-27-19(26)11-22-17(24)7-6-13-4-2-1-3-5-13/h1-10H,11-12H2,(H,22,24)(H,23,25)/b7-6+. The van der Waals surface area contributed by atoms with E-state index in [-0.39, 0.29) is 6.54 Å². The molecule has 2 N–H and O–H groups in total. The van der Waals surface area contributed by atoms with Crippen molar-refractivity contribution in [2.75, 3.05) is 18.5 Å². The molecule has 2 aromatic carbocycles. The number of carbonyl (C=O) groups is 3. The molecule has 0 heterocycles. The maximum Gasteiger partial charge on any atom is 0.325 e. The molecule has 2 rings (SSSR count). The Labute approximate surface area is 166 Å². The van der Waals surface area contributed by atoms with E-state index in [4.69, 9.17) is 27.9 Å². The molecule has 0 spiro atoms. The molecular weight excluding hydrogens is 391 g/mol. The average Bonchev–Trinajstić information content (AvgIpc) is 2.63. The predicted octanol–water partition coefficient (Wildman–Crippen LogP) is 3.30. The summed E-state index contributed by atoms with van der Waals surface area (Å²) in [7, 11) is 0. The van der Waals surface area contributed by atoms with E-state index in [9.17, 15) is 14.4 Å². The van der Waals surface area contributed by atoms with Crippen molar-refractivity contribution in [1.29, 1.82) is 0 Å². The van der Waals surface area contributed by atoms with Gasteiger partial charge in [-0.25, -0.2) is 0 Å². The summed E-state index contributed by atoms with van der Waals surface area (Å²) >= 11 is 11.7. The summed E-state index contributed by atoms with van der Waals surface area (Å²) in [6.07, 6.45) is 2.92. The fourth-order valence-electron chi connectivity index (χ4n) is 1.97. The zero-order valence-corrected chi connectivity index (χ0v) is 15.6. The van der Waals surface area contributed by atoms with E-state index in [1.165, 1.54) is 24.3 Å². The van der Waals surface area contributed by atoms with Gasteiger partial charge in [0.15, 0.2) is 6.61 Å². The number of benzene rings is 2. The molecular formula is C19H16Cl2N2O4. The van der Waals surface area contributed by atoms with Gasteiger partial charge in [0.05, 0.1) is 0 Å². The number of carbonyl (C=O) groups excluding carboxylic acids is 3. The fraction of sp³-hybridized carbons (Fsp3) is 0.105. The van der Waals surface area contributed by atoms with Crippen LogP contribution in [-0.4, -0.2) is 30.9 Å². The minimum absolute atomic E-state index is 0.353. The molecule has 27 heavy (non-hydrogen) atoms. The average molecular weight is 407 g/mol. The second-order valence-electron chi connectivity index (χ2n) is 5.33. The maximum atomic E-state index is 11.8. The number of rotatable bonds is 7. The van der Waals surface area contributed by atoms with Gasteiger partial charge in [0.25, 0.3) is 5.91 Å². The van der Waals surface area contributed by atoms with Gasteiger partial charge in [-0.3, -0.25) is 14.4 Å². The van der Waals surface area contributed by atoms with Gasteiger partial charge in [-0.1, -0.05) is 53.5 Å². The van der Waals surface area contributed by atoms with Crippen molar-refractivity contribution < 1.29 is 19.1 Å². The predicted molar refractivity (Wildman–Crippen MR) is 105 cm³/mol. The van der Waals surface area contributed by atoms with Crippen LogP contribution in [0.1, 0.15) is 5.56 Å². The summed E-state index contributed by atoms with van der Waals surface area (Å²) in [6.45, 7) is -0.854.